The van der Waals surface area contributed by atoms with Crippen molar-refractivity contribution in [2.24, 2.45) is 0 Å². The molecule has 90 valence electrons. The Morgan fingerprint density at radius 1 is 1.44 bits per heavy atom. The van der Waals surface area contributed by atoms with Gasteiger partial charge in [-0.3, -0.25) is 5.10 Å². The maximum atomic E-state index is 5.67. The number of ether oxygens (including phenoxy) is 1. The lowest BCUT2D eigenvalue weighted by Gasteiger charge is -2.22. The van der Waals surface area contributed by atoms with Crippen molar-refractivity contribution in [2.45, 2.75) is 45.8 Å². The molecule has 1 aliphatic heterocycles. The first-order valence-corrected chi connectivity index (χ1v) is 6.10. The number of H-pyrrole nitrogens is 1. The van der Waals surface area contributed by atoms with Gasteiger partial charge in [-0.1, -0.05) is 0 Å². The van der Waals surface area contributed by atoms with Gasteiger partial charge in [0.25, 0.3) is 0 Å². The van der Waals surface area contributed by atoms with Crippen LogP contribution in [0.5, 0.6) is 0 Å². The Labute approximate surface area is 96.8 Å². The summed E-state index contributed by atoms with van der Waals surface area (Å²) in [7, 11) is 0. The number of hydrogen-bond acceptors (Lipinski definition) is 3. The minimum Gasteiger partial charge on any atom is -0.377 e. The molecule has 0 radical (unpaired) electrons. The molecule has 4 heteroatoms. The quantitative estimate of drug-likeness (QED) is 0.816. The van der Waals surface area contributed by atoms with E-state index in [1.54, 1.807) is 0 Å². The zero-order valence-corrected chi connectivity index (χ0v) is 10.2. The maximum Gasteiger partial charge on any atom is 0.0699 e. The number of hydrogen-bond donors (Lipinski definition) is 2. The number of nitrogens with one attached hydrogen (secondary N) is 2. The van der Waals surface area contributed by atoms with Crippen LogP contribution >= 0.6 is 0 Å². The number of aromatic nitrogens is 2. The standard InChI is InChI=1S/C12H21N3O/c1-9-12(10(2)15-14-9)8-13-7-11-5-3-4-6-16-11/h11,13H,3-8H2,1-2H3,(H,14,15). The maximum absolute atomic E-state index is 5.67. The van der Waals surface area contributed by atoms with Gasteiger partial charge in [0.2, 0.25) is 0 Å². The molecule has 1 aromatic heterocycles. The van der Waals surface area contributed by atoms with E-state index < -0.39 is 0 Å². The molecule has 1 aromatic rings. The largest absolute Gasteiger partial charge is 0.377 e. The van der Waals surface area contributed by atoms with Crippen molar-refractivity contribution in [3.05, 3.63) is 17.0 Å². The van der Waals surface area contributed by atoms with Crippen LogP contribution in [-0.2, 0) is 11.3 Å². The molecule has 1 unspecified atom stereocenters. The SMILES string of the molecule is Cc1n[nH]c(C)c1CNCC1CCCCO1. The molecule has 1 saturated heterocycles. The molecule has 2 heterocycles. The Morgan fingerprint density at radius 2 is 2.31 bits per heavy atom. The van der Waals surface area contributed by atoms with E-state index in [1.165, 1.54) is 24.8 Å². The first kappa shape index (κ1) is 11.6. The highest BCUT2D eigenvalue weighted by molar-refractivity contribution is 5.22. The molecule has 0 aromatic carbocycles. The van der Waals surface area contributed by atoms with Gasteiger partial charge in [0.1, 0.15) is 0 Å². The minimum absolute atomic E-state index is 0.404. The van der Waals surface area contributed by atoms with Gasteiger partial charge in [0.15, 0.2) is 0 Å². The van der Waals surface area contributed by atoms with Crippen molar-refractivity contribution in [2.75, 3.05) is 13.2 Å². The number of aryl methyl sites for hydroxylation is 2. The molecule has 2 rings (SSSR count). The highest BCUT2D eigenvalue weighted by Gasteiger charge is 2.13. The molecule has 1 atom stereocenters. The monoisotopic (exact) mass is 223 g/mol. The Kier molecular flexibility index (Phi) is 3.96. The molecule has 1 fully saturated rings. The zero-order chi connectivity index (χ0) is 11.4. The molecule has 0 saturated carbocycles. The van der Waals surface area contributed by atoms with Crippen LogP contribution in [-0.4, -0.2) is 29.5 Å². The van der Waals surface area contributed by atoms with Crippen molar-refractivity contribution in [1.82, 2.24) is 15.5 Å². The lowest BCUT2D eigenvalue weighted by atomic mass is 10.1. The Morgan fingerprint density at radius 3 is 2.94 bits per heavy atom. The summed E-state index contributed by atoms with van der Waals surface area (Å²) < 4.78 is 5.67. The van der Waals surface area contributed by atoms with Crippen LogP contribution in [0.3, 0.4) is 0 Å². The third-order valence-corrected chi connectivity index (χ3v) is 3.23. The lowest BCUT2D eigenvalue weighted by Crippen LogP contribution is -2.31. The first-order chi connectivity index (χ1) is 7.77. The van der Waals surface area contributed by atoms with Crippen molar-refractivity contribution in [1.29, 1.82) is 0 Å². The highest BCUT2D eigenvalue weighted by Crippen LogP contribution is 2.12. The zero-order valence-electron chi connectivity index (χ0n) is 10.2. The van der Waals surface area contributed by atoms with Crippen LogP contribution in [0.2, 0.25) is 0 Å². The fourth-order valence-corrected chi connectivity index (χ4v) is 2.16. The topological polar surface area (TPSA) is 49.9 Å². The van der Waals surface area contributed by atoms with Gasteiger partial charge in [-0.15, -0.1) is 0 Å². The number of rotatable bonds is 4. The van der Waals surface area contributed by atoms with Crippen molar-refractivity contribution < 1.29 is 4.74 Å². The fourth-order valence-electron chi connectivity index (χ4n) is 2.16. The van der Waals surface area contributed by atoms with Gasteiger partial charge in [-0.2, -0.15) is 5.10 Å². The van der Waals surface area contributed by atoms with Gasteiger partial charge < -0.3 is 10.1 Å². The summed E-state index contributed by atoms with van der Waals surface area (Å²) in [6, 6.07) is 0. The predicted molar refractivity (Wildman–Crippen MR) is 63.4 cm³/mol. The third-order valence-electron chi connectivity index (χ3n) is 3.23. The summed E-state index contributed by atoms with van der Waals surface area (Å²) in [5.41, 5.74) is 3.54. The van der Waals surface area contributed by atoms with E-state index in [-0.39, 0.29) is 0 Å². The molecule has 4 nitrogen and oxygen atoms in total. The number of aromatic amines is 1. The molecule has 0 amide bonds. The molecule has 16 heavy (non-hydrogen) atoms. The predicted octanol–water partition coefficient (Wildman–Crippen LogP) is 1.69. The van der Waals surface area contributed by atoms with Crippen LogP contribution in [0.4, 0.5) is 0 Å². The normalized spacial score (nSPS) is 21.2. The van der Waals surface area contributed by atoms with Gasteiger partial charge >= 0.3 is 0 Å². The Hall–Kier alpha value is -0.870. The average Bonchev–Trinajstić information content (AvgIpc) is 2.62. The minimum atomic E-state index is 0.404. The van der Waals surface area contributed by atoms with E-state index in [2.05, 4.69) is 22.4 Å². The molecule has 0 bridgehead atoms. The lowest BCUT2D eigenvalue weighted by molar-refractivity contribution is 0.0168. The van der Waals surface area contributed by atoms with Crippen LogP contribution in [0.15, 0.2) is 0 Å². The van der Waals surface area contributed by atoms with Gasteiger partial charge in [0, 0.05) is 31.0 Å². The van der Waals surface area contributed by atoms with E-state index in [4.69, 9.17) is 4.74 Å². The molecule has 0 spiro atoms. The molecule has 0 aliphatic carbocycles. The second-order valence-corrected chi connectivity index (χ2v) is 4.53. The van der Waals surface area contributed by atoms with E-state index in [1.807, 2.05) is 6.92 Å². The molecule has 2 N–H and O–H groups in total. The van der Waals surface area contributed by atoms with E-state index in [0.29, 0.717) is 6.10 Å². The summed E-state index contributed by atoms with van der Waals surface area (Å²) in [6.07, 6.45) is 4.12. The van der Waals surface area contributed by atoms with Crippen LogP contribution in [0.1, 0.15) is 36.2 Å². The van der Waals surface area contributed by atoms with Gasteiger partial charge in [0.05, 0.1) is 11.8 Å². The average molecular weight is 223 g/mol. The van der Waals surface area contributed by atoms with Crippen molar-refractivity contribution in [3.63, 3.8) is 0 Å². The van der Waals surface area contributed by atoms with Gasteiger partial charge in [-0.25, -0.2) is 0 Å². The first-order valence-electron chi connectivity index (χ1n) is 6.10. The molecule has 1 aliphatic rings. The second kappa shape index (κ2) is 5.46. The van der Waals surface area contributed by atoms with Crippen molar-refractivity contribution >= 4 is 0 Å². The smallest absolute Gasteiger partial charge is 0.0699 e. The van der Waals surface area contributed by atoms with E-state index in [0.717, 1.165) is 31.1 Å². The van der Waals surface area contributed by atoms with Gasteiger partial charge in [-0.05, 0) is 33.1 Å². The fraction of sp³-hybridized carbons (Fsp3) is 0.750. The second-order valence-electron chi connectivity index (χ2n) is 4.53. The van der Waals surface area contributed by atoms with Crippen molar-refractivity contribution in [3.8, 4) is 0 Å². The van der Waals surface area contributed by atoms with Crippen LogP contribution in [0.25, 0.3) is 0 Å². The van der Waals surface area contributed by atoms with Crippen LogP contribution < -0.4 is 5.32 Å². The molecular weight excluding hydrogens is 202 g/mol. The third kappa shape index (κ3) is 2.83. The summed E-state index contributed by atoms with van der Waals surface area (Å²) in [5, 5.41) is 10.6. The Bertz CT molecular complexity index is 310. The van der Waals surface area contributed by atoms with E-state index >= 15 is 0 Å². The summed E-state index contributed by atoms with van der Waals surface area (Å²) >= 11 is 0. The summed E-state index contributed by atoms with van der Waals surface area (Å²) in [5.74, 6) is 0. The summed E-state index contributed by atoms with van der Waals surface area (Å²) in [4.78, 5) is 0. The van der Waals surface area contributed by atoms with Crippen LogP contribution in [0, 0.1) is 13.8 Å². The number of nitrogens with zero attached hydrogens (tertiary/aromatic N) is 1. The Balaban J connectivity index is 1.75. The molecular formula is C12H21N3O. The summed E-state index contributed by atoms with van der Waals surface area (Å²) in [6.45, 7) is 6.86. The highest BCUT2D eigenvalue weighted by atomic mass is 16.5. The van der Waals surface area contributed by atoms with E-state index in [9.17, 15) is 0 Å².